The molecule has 1 aliphatic rings. The van der Waals surface area contributed by atoms with Crippen LogP contribution in [0.4, 0.5) is 10.1 Å². The molecule has 0 atom stereocenters. The molecule has 1 aliphatic heterocycles. The minimum atomic E-state index is -1.23. The molecule has 1 saturated heterocycles. The van der Waals surface area contributed by atoms with Crippen LogP contribution in [0.15, 0.2) is 41.3 Å². The van der Waals surface area contributed by atoms with E-state index in [0.717, 1.165) is 11.8 Å². The number of carbonyl (C=O) groups is 2. The summed E-state index contributed by atoms with van der Waals surface area (Å²) in [5.74, 6) is -1.77. The molecule has 1 amide bonds. The smallest absolute Gasteiger partial charge is 0.340 e. The third kappa shape index (κ3) is 3.58. The highest BCUT2D eigenvalue weighted by Crippen LogP contribution is 2.39. The lowest BCUT2D eigenvalue weighted by Gasteiger charge is -2.14. The molecule has 3 rings (SSSR count). The number of methoxy groups -OCH3 is 2. The summed E-state index contributed by atoms with van der Waals surface area (Å²) in [4.78, 5) is 26.1. The molecule has 0 radical (unpaired) electrons. The van der Waals surface area contributed by atoms with E-state index in [0.29, 0.717) is 5.69 Å². The van der Waals surface area contributed by atoms with Gasteiger partial charge in [-0.05, 0) is 42.0 Å². The van der Waals surface area contributed by atoms with E-state index >= 15 is 0 Å². The summed E-state index contributed by atoms with van der Waals surface area (Å²) in [6, 6.07) is 8.43. The third-order valence-electron chi connectivity index (χ3n) is 3.96. The summed E-state index contributed by atoms with van der Waals surface area (Å²) in [6.45, 7) is 0. The van der Waals surface area contributed by atoms with E-state index in [1.807, 2.05) is 0 Å². The Balaban J connectivity index is 2.05. The lowest BCUT2D eigenvalue weighted by atomic mass is 10.0. The highest BCUT2D eigenvalue weighted by Gasteiger charge is 2.34. The van der Waals surface area contributed by atoms with Crippen molar-refractivity contribution in [1.29, 1.82) is 0 Å². The number of halogens is 1. The first kappa shape index (κ1) is 19.8. The van der Waals surface area contributed by atoms with Crippen LogP contribution in [0.5, 0.6) is 11.5 Å². The molecule has 28 heavy (non-hydrogen) atoms. The molecule has 2 aromatic rings. The largest absolute Gasteiger partial charge is 0.493 e. The van der Waals surface area contributed by atoms with Crippen LogP contribution in [0.3, 0.4) is 0 Å². The highest BCUT2D eigenvalue weighted by molar-refractivity contribution is 8.27. The Kier molecular flexibility index (Phi) is 5.66. The van der Waals surface area contributed by atoms with Crippen molar-refractivity contribution in [3.63, 3.8) is 0 Å². The van der Waals surface area contributed by atoms with Crippen LogP contribution >= 0.6 is 24.0 Å². The first-order valence-electron chi connectivity index (χ1n) is 7.89. The van der Waals surface area contributed by atoms with Gasteiger partial charge in [0.05, 0.1) is 24.8 Å². The predicted molar refractivity (Wildman–Crippen MR) is 109 cm³/mol. The van der Waals surface area contributed by atoms with E-state index in [1.165, 1.54) is 55.5 Å². The SMILES string of the molecule is COc1ccc(/C=C2/SC(=S)N(c3ccc(F)cc3)C2=O)c(C(=O)O)c1OC. The van der Waals surface area contributed by atoms with Crippen molar-refractivity contribution in [2.24, 2.45) is 0 Å². The number of hydrogen-bond donors (Lipinski definition) is 1. The van der Waals surface area contributed by atoms with E-state index < -0.39 is 17.7 Å². The maximum atomic E-state index is 13.2. The maximum absolute atomic E-state index is 13.2. The Morgan fingerprint density at radius 2 is 1.86 bits per heavy atom. The lowest BCUT2D eigenvalue weighted by Crippen LogP contribution is -2.27. The molecular weight excluding hydrogens is 405 g/mol. The lowest BCUT2D eigenvalue weighted by molar-refractivity contribution is -0.113. The van der Waals surface area contributed by atoms with Gasteiger partial charge in [0.25, 0.3) is 5.91 Å². The molecular formula is C19H14FNO5S2. The van der Waals surface area contributed by atoms with E-state index in [2.05, 4.69) is 0 Å². The molecule has 1 N–H and O–H groups in total. The van der Waals surface area contributed by atoms with Crippen LogP contribution in [-0.2, 0) is 4.79 Å². The maximum Gasteiger partial charge on any atom is 0.340 e. The minimum Gasteiger partial charge on any atom is -0.493 e. The van der Waals surface area contributed by atoms with Gasteiger partial charge in [-0.2, -0.15) is 0 Å². The van der Waals surface area contributed by atoms with Gasteiger partial charge in [-0.1, -0.05) is 30.0 Å². The standard InChI is InChI=1S/C19H14FNO5S2/c1-25-13-8-3-10(15(18(23)24)16(13)26-2)9-14-17(22)21(19(27)28-14)12-6-4-11(20)5-7-12/h3-9H,1-2H3,(H,23,24)/b14-9+. The van der Waals surface area contributed by atoms with Gasteiger partial charge in [-0.3, -0.25) is 9.69 Å². The number of benzene rings is 2. The van der Waals surface area contributed by atoms with Gasteiger partial charge < -0.3 is 14.6 Å². The number of anilines is 1. The zero-order valence-corrected chi connectivity index (χ0v) is 16.4. The molecule has 0 aromatic heterocycles. The summed E-state index contributed by atoms with van der Waals surface area (Å²) in [5.41, 5.74) is 0.566. The number of carboxylic acid groups (broad SMARTS) is 1. The third-order valence-corrected chi connectivity index (χ3v) is 5.26. The number of amides is 1. The van der Waals surface area contributed by atoms with Crippen LogP contribution in [0.2, 0.25) is 0 Å². The fraction of sp³-hybridized carbons (Fsp3) is 0.105. The Labute approximate surface area is 169 Å². The highest BCUT2D eigenvalue weighted by atomic mass is 32.2. The molecule has 0 bridgehead atoms. The van der Waals surface area contributed by atoms with Gasteiger partial charge in [0, 0.05) is 0 Å². The summed E-state index contributed by atoms with van der Waals surface area (Å²) in [7, 11) is 2.74. The van der Waals surface area contributed by atoms with Gasteiger partial charge in [-0.15, -0.1) is 0 Å². The average Bonchev–Trinajstić information content (AvgIpc) is 2.95. The Morgan fingerprint density at radius 1 is 1.18 bits per heavy atom. The monoisotopic (exact) mass is 419 g/mol. The summed E-state index contributed by atoms with van der Waals surface area (Å²) < 4.78 is 23.7. The van der Waals surface area contributed by atoms with Crippen LogP contribution in [-0.4, -0.2) is 35.5 Å². The van der Waals surface area contributed by atoms with Crippen molar-refractivity contribution in [3.8, 4) is 11.5 Å². The number of hydrogen-bond acceptors (Lipinski definition) is 6. The molecule has 144 valence electrons. The van der Waals surface area contributed by atoms with Crippen LogP contribution in [0.1, 0.15) is 15.9 Å². The number of thioether (sulfide) groups is 1. The van der Waals surface area contributed by atoms with Gasteiger partial charge in [0.15, 0.2) is 15.8 Å². The number of nitrogens with zero attached hydrogens (tertiary/aromatic N) is 1. The first-order valence-corrected chi connectivity index (χ1v) is 9.11. The van der Waals surface area contributed by atoms with Crippen molar-refractivity contribution in [3.05, 3.63) is 58.2 Å². The molecule has 1 fully saturated rings. The second kappa shape index (κ2) is 7.99. The van der Waals surface area contributed by atoms with E-state index in [9.17, 15) is 19.1 Å². The van der Waals surface area contributed by atoms with Gasteiger partial charge in [0.2, 0.25) is 0 Å². The van der Waals surface area contributed by atoms with Crippen molar-refractivity contribution in [1.82, 2.24) is 0 Å². The Hall–Kier alpha value is -2.91. The molecule has 0 saturated carbocycles. The van der Waals surface area contributed by atoms with Crippen LogP contribution in [0.25, 0.3) is 6.08 Å². The second-order valence-corrected chi connectivity index (χ2v) is 7.24. The number of carbonyl (C=O) groups excluding carboxylic acids is 1. The molecule has 6 nitrogen and oxygen atoms in total. The molecule has 9 heteroatoms. The van der Waals surface area contributed by atoms with Crippen LogP contribution < -0.4 is 14.4 Å². The van der Waals surface area contributed by atoms with Crippen molar-refractivity contribution in [2.45, 2.75) is 0 Å². The van der Waals surface area contributed by atoms with Gasteiger partial charge in [-0.25, -0.2) is 9.18 Å². The van der Waals surface area contributed by atoms with E-state index in [1.54, 1.807) is 6.07 Å². The average molecular weight is 419 g/mol. The topological polar surface area (TPSA) is 76.1 Å². The number of ether oxygens (including phenoxy) is 2. The Morgan fingerprint density at radius 3 is 2.43 bits per heavy atom. The van der Waals surface area contributed by atoms with Gasteiger partial charge in [0.1, 0.15) is 11.4 Å². The first-order chi connectivity index (χ1) is 13.4. The van der Waals surface area contributed by atoms with E-state index in [4.69, 9.17) is 21.7 Å². The number of aromatic carboxylic acids is 1. The number of rotatable bonds is 5. The minimum absolute atomic E-state index is 0.0535. The van der Waals surface area contributed by atoms with Crippen molar-refractivity contribution >= 4 is 51.9 Å². The fourth-order valence-electron chi connectivity index (χ4n) is 2.70. The number of thiocarbonyl (C=S) groups is 1. The zero-order valence-electron chi connectivity index (χ0n) is 14.8. The summed E-state index contributed by atoms with van der Waals surface area (Å²) >= 11 is 6.30. The van der Waals surface area contributed by atoms with Crippen molar-refractivity contribution < 1.29 is 28.6 Å². The molecule has 1 heterocycles. The van der Waals surface area contributed by atoms with Crippen molar-refractivity contribution in [2.75, 3.05) is 19.1 Å². The molecule has 0 spiro atoms. The van der Waals surface area contributed by atoms with Crippen LogP contribution in [0, 0.1) is 5.82 Å². The zero-order chi connectivity index (χ0) is 20.4. The predicted octanol–water partition coefficient (Wildman–Crippen LogP) is 3.95. The molecule has 2 aromatic carbocycles. The molecule has 0 unspecified atom stereocenters. The Bertz CT molecular complexity index is 1000. The second-order valence-electron chi connectivity index (χ2n) is 5.56. The quantitative estimate of drug-likeness (QED) is 0.581. The van der Waals surface area contributed by atoms with E-state index in [-0.39, 0.29) is 31.9 Å². The fourth-order valence-corrected chi connectivity index (χ4v) is 3.99. The summed E-state index contributed by atoms with van der Waals surface area (Å²) in [6.07, 6.45) is 1.44. The molecule has 0 aliphatic carbocycles. The number of carboxylic acids is 1. The normalized spacial score (nSPS) is 15.2. The summed E-state index contributed by atoms with van der Waals surface area (Å²) in [5, 5.41) is 9.62. The van der Waals surface area contributed by atoms with Gasteiger partial charge >= 0.3 is 5.97 Å².